The minimum absolute atomic E-state index is 0.0647. The molecule has 1 aromatic carbocycles. The van der Waals surface area contributed by atoms with E-state index in [9.17, 15) is 4.79 Å². The van der Waals surface area contributed by atoms with E-state index in [0.717, 1.165) is 29.3 Å². The van der Waals surface area contributed by atoms with Gasteiger partial charge in [0.05, 0.1) is 0 Å². The Morgan fingerprint density at radius 3 is 2.41 bits per heavy atom. The third-order valence-corrected chi connectivity index (χ3v) is 4.52. The van der Waals surface area contributed by atoms with Gasteiger partial charge in [0, 0.05) is 36.9 Å². The van der Waals surface area contributed by atoms with Crippen LogP contribution in [-0.4, -0.2) is 9.13 Å². The van der Waals surface area contributed by atoms with Crippen molar-refractivity contribution < 1.29 is 0 Å². The van der Waals surface area contributed by atoms with E-state index in [4.69, 9.17) is 0 Å². The maximum atomic E-state index is 12.6. The van der Waals surface area contributed by atoms with Gasteiger partial charge in [-0.1, -0.05) is 38.1 Å². The average molecular weight is 294 g/mol. The fourth-order valence-corrected chi connectivity index (χ4v) is 3.25. The molecule has 0 atom stereocenters. The van der Waals surface area contributed by atoms with E-state index in [0.29, 0.717) is 0 Å². The molecule has 0 aliphatic heterocycles. The molecule has 114 valence electrons. The number of benzene rings is 1. The van der Waals surface area contributed by atoms with E-state index < -0.39 is 0 Å². The van der Waals surface area contributed by atoms with Gasteiger partial charge in [0.2, 0.25) is 0 Å². The number of pyridine rings is 1. The first-order valence-corrected chi connectivity index (χ1v) is 7.84. The number of hydrogen-bond donors (Lipinski definition) is 0. The monoisotopic (exact) mass is 294 g/mol. The van der Waals surface area contributed by atoms with Crippen molar-refractivity contribution in [1.29, 1.82) is 0 Å². The van der Waals surface area contributed by atoms with E-state index in [1.807, 2.05) is 24.9 Å². The highest BCUT2D eigenvalue weighted by Gasteiger charge is 2.16. The SMILES string of the molecule is CCc1ccccc1-c1cn(C)c(=O)c2c1cc(CC)n2C. The summed E-state index contributed by atoms with van der Waals surface area (Å²) in [6.45, 7) is 4.29. The van der Waals surface area contributed by atoms with Gasteiger partial charge in [0.1, 0.15) is 5.52 Å². The van der Waals surface area contributed by atoms with Crippen molar-refractivity contribution in [2.24, 2.45) is 14.1 Å². The zero-order valence-electron chi connectivity index (χ0n) is 13.7. The van der Waals surface area contributed by atoms with E-state index in [1.165, 1.54) is 16.8 Å². The summed E-state index contributed by atoms with van der Waals surface area (Å²) < 4.78 is 3.74. The van der Waals surface area contributed by atoms with Gasteiger partial charge in [-0.15, -0.1) is 0 Å². The van der Waals surface area contributed by atoms with Crippen LogP contribution < -0.4 is 5.56 Å². The van der Waals surface area contributed by atoms with E-state index >= 15 is 0 Å². The summed E-state index contributed by atoms with van der Waals surface area (Å²) in [5, 5.41) is 1.06. The molecular weight excluding hydrogens is 272 g/mol. The number of hydrogen-bond acceptors (Lipinski definition) is 1. The first kappa shape index (κ1) is 14.6. The third-order valence-electron chi connectivity index (χ3n) is 4.52. The largest absolute Gasteiger partial charge is 0.343 e. The molecule has 0 unspecified atom stereocenters. The number of aromatic nitrogens is 2. The topological polar surface area (TPSA) is 26.9 Å². The Hall–Kier alpha value is -2.29. The van der Waals surface area contributed by atoms with E-state index in [2.05, 4.69) is 44.2 Å². The van der Waals surface area contributed by atoms with Gasteiger partial charge in [-0.05, 0) is 30.0 Å². The molecule has 3 aromatic rings. The summed E-state index contributed by atoms with van der Waals surface area (Å²) in [4.78, 5) is 12.6. The molecule has 0 bridgehead atoms. The minimum atomic E-state index is 0.0647. The predicted octanol–water partition coefficient (Wildman–Crippen LogP) is 3.67. The van der Waals surface area contributed by atoms with Crippen LogP contribution in [0, 0.1) is 0 Å². The number of rotatable bonds is 3. The molecule has 0 N–H and O–H groups in total. The van der Waals surface area contributed by atoms with Crippen molar-refractivity contribution in [3.8, 4) is 11.1 Å². The Morgan fingerprint density at radius 1 is 1.00 bits per heavy atom. The van der Waals surface area contributed by atoms with Crippen LogP contribution in [-0.2, 0) is 26.9 Å². The Labute approximate surface area is 130 Å². The van der Waals surface area contributed by atoms with Gasteiger partial charge in [-0.25, -0.2) is 0 Å². The lowest BCUT2D eigenvalue weighted by atomic mass is 9.97. The standard InChI is InChI=1S/C19H22N2O/c1-5-13-9-7-8-10-15(13)17-12-20(3)19(22)18-16(17)11-14(6-2)21(18)4/h7-12H,5-6H2,1-4H3. The summed E-state index contributed by atoms with van der Waals surface area (Å²) in [7, 11) is 3.82. The minimum Gasteiger partial charge on any atom is -0.343 e. The first-order chi connectivity index (χ1) is 10.6. The second-order valence-electron chi connectivity index (χ2n) is 5.78. The highest BCUT2D eigenvalue weighted by molar-refractivity contribution is 5.96. The molecule has 0 saturated carbocycles. The molecule has 0 amide bonds. The Balaban J connectivity index is 2.45. The smallest absolute Gasteiger partial charge is 0.274 e. The van der Waals surface area contributed by atoms with Crippen molar-refractivity contribution in [2.45, 2.75) is 26.7 Å². The predicted molar refractivity (Wildman–Crippen MR) is 92.4 cm³/mol. The molecule has 3 rings (SSSR count). The lowest BCUT2D eigenvalue weighted by Crippen LogP contribution is -2.18. The van der Waals surface area contributed by atoms with Crippen LogP contribution >= 0.6 is 0 Å². The van der Waals surface area contributed by atoms with Crippen LogP contribution in [0.25, 0.3) is 22.0 Å². The second kappa shape index (κ2) is 5.48. The van der Waals surface area contributed by atoms with Crippen molar-refractivity contribution in [3.63, 3.8) is 0 Å². The molecule has 22 heavy (non-hydrogen) atoms. The zero-order chi connectivity index (χ0) is 15.9. The summed E-state index contributed by atoms with van der Waals surface area (Å²) >= 11 is 0. The molecule has 0 aliphatic rings. The van der Waals surface area contributed by atoms with Crippen molar-refractivity contribution in [1.82, 2.24) is 9.13 Å². The van der Waals surface area contributed by atoms with Crippen LogP contribution in [0.4, 0.5) is 0 Å². The normalized spacial score (nSPS) is 11.3. The van der Waals surface area contributed by atoms with Crippen LogP contribution in [0.5, 0.6) is 0 Å². The lowest BCUT2D eigenvalue weighted by Gasteiger charge is -2.11. The zero-order valence-corrected chi connectivity index (χ0v) is 13.7. The molecule has 0 aliphatic carbocycles. The molecule has 3 nitrogen and oxygen atoms in total. The molecule has 0 saturated heterocycles. The van der Waals surface area contributed by atoms with Gasteiger partial charge >= 0.3 is 0 Å². The van der Waals surface area contributed by atoms with Crippen LogP contribution in [0.1, 0.15) is 25.1 Å². The number of nitrogens with zero attached hydrogens (tertiary/aromatic N) is 2. The highest BCUT2D eigenvalue weighted by Crippen LogP contribution is 2.31. The Kier molecular flexibility index (Phi) is 3.65. The maximum absolute atomic E-state index is 12.6. The first-order valence-electron chi connectivity index (χ1n) is 7.84. The highest BCUT2D eigenvalue weighted by atomic mass is 16.1. The maximum Gasteiger partial charge on any atom is 0.274 e. The summed E-state index contributed by atoms with van der Waals surface area (Å²) in [5.41, 5.74) is 5.72. The van der Waals surface area contributed by atoms with Gasteiger partial charge < -0.3 is 9.13 Å². The summed E-state index contributed by atoms with van der Waals surface area (Å²) in [5.74, 6) is 0. The fraction of sp³-hybridized carbons (Fsp3) is 0.316. The van der Waals surface area contributed by atoms with Crippen molar-refractivity contribution >= 4 is 10.9 Å². The molecule has 2 aromatic heterocycles. The van der Waals surface area contributed by atoms with E-state index in [1.54, 1.807) is 4.57 Å². The Bertz CT molecular complexity index is 900. The van der Waals surface area contributed by atoms with E-state index in [-0.39, 0.29) is 5.56 Å². The van der Waals surface area contributed by atoms with Crippen LogP contribution in [0.2, 0.25) is 0 Å². The lowest BCUT2D eigenvalue weighted by molar-refractivity contribution is 0.828. The quantitative estimate of drug-likeness (QED) is 0.724. The Morgan fingerprint density at radius 2 is 1.73 bits per heavy atom. The van der Waals surface area contributed by atoms with Crippen LogP contribution in [0.15, 0.2) is 41.3 Å². The summed E-state index contributed by atoms with van der Waals surface area (Å²) in [6, 6.07) is 10.6. The van der Waals surface area contributed by atoms with Crippen LogP contribution in [0.3, 0.4) is 0 Å². The second-order valence-corrected chi connectivity index (χ2v) is 5.78. The van der Waals surface area contributed by atoms with Crippen molar-refractivity contribution in [2.75, 3.05) is 0 Å². The summed E-state index contributed by atoms with van der Waals surface area (Å²) in [6.07, 6.45) is 3.87. The third kappa shape index (κ3) is 2.08. The molecule has 2 heterocycles. The fourth-order valence-electron chi connectivity index (χ4n) is 3.25. The van der Waals surface area contributed by atoms with Crippen molar-refractivity contribution in [3.05, 3.63) is 58.1 Å². The molecular formula is C19H22N2O. The number of aryl methyl sites for hydroxylation is 4. The molecule has 0 fully saturated rings. The molecule has 3 heteroatoms. The van der Waals surface area contributed by atoms with Gasteiger partial charge in [-0.2, -0.15) is 0 Å². The average Bonchev–Trinajstić information content (AvgIpc) is 2.88. The van der Waals surface area contributed by atoms with Gasteiger partial charge in [0.25, 0.3) is 5.56 Å². The molecule has 0 spiro atoms. The molecule has 0 radical (unpaired) electrons. The van der Waals surface area contributed by atoms with Gasteiger partial charge in [-0.3, -0.25) is 4.79 Å². The number of fused-ring (bicyclic) bond motifs is 1. The van der Waals surface area contributed by atoms with Gasteiger partial charge in [0.15, 0.2) is 0 Å².